The number of hydrogen-bond acceptors (Lipinski definition) is 3. The number of aromatic nitrogens is 1. The maximum Gasteiger partial charge on any atom is 0.253 e. The third kappa shape index (κ3) is 3.05. The fourth-order valence-corrected chi connectivity index (χ4v) is 4.26. The van der Waals surface area contributed by atoms with Crippen LogP contribution in [0.3, 0.4) is 0 Å². The van der Waals surface area contributed by atoms with Crippen LogP contribution in [-0.4, -0.2) is 22.0 Å². The van der Waals surface area contributed by atoms with E-state index in [1.807, 2.05) is 24.3 Å². The van der Waals surface area contributed by atoms with Gasteiger partial charge in [-0.15, -0.1) is 0 Å². The van der Waals surface area contributed by atoms with Crippen LogP contribution in [0.1, 0.15) is 27.9 Å². The van der Waals surface area contributed by atoms with Crippen LogP contribution < -0.4 is 10.7 Å². The average Bonchev–Trinajstić information content (AvgIpc) is 2.74. The zero-order valence-corrected chi connectivity index (χ0v) is 15.7. The summed E-state index contributed by atoms with van der Waals surface area (Å²) in [7, 11) is 0. The van der Waals surface area contributed by atoms with Crippen LogP contribution in [0, 0.1) is 0 Å². The van der Waals surface area contributed by atoms with E-state index in [9.17, 15) is 14.7 Å². The van der Waals surface area contributed by atoms with Gasteiger partial charge >= 0.3 is 0 Å². The van der Waals surface area contributed by atoms with Gasteiger partial charge in [0.25, 0.3) is 5.91 Å². The molecule has 144 valence electrons. The summed E-state index contributed by atoms with van der Waals surface area (Å²) >= 11 is 0. The summed E-state index contributed by atoms with van der Waals surface area (Å²) < 4.78 is 0. The minimum absolute atomic E-state index is 0.0157. The zero-order chi connectivity index (χ0) is 20.0. The van der Waals surface area contributed by atoms with Crippen molar-refractivity contribution in [2.24, 2.45) is 0 Å². The molecule has 3 aromatic carbocycles. The number of phenolic OH excluding ortho intramolecular Hbond substituents is 1. The molecular weight excluding hydrogens is 364 g/mol. The number of hydrogen-bond donors (Lipinski definition) is 3. The summed E-state index contributed by atoms with van der Waals surface area (Å²) in [4.78, 5) is 29.2. The molecule has 4 aromatic rings. The lowest BCUT2D eigenvalue weighted by Gasteiger charge is -2.25. The van der Waals surface area contributed by atoms with E-state index in [1.54, 1.807) is 36.4 Å². The standard InChI is InChI=1S/C24H20N2O3/c27-17-11-9-14-12-16(10-8-15(14)13-17)25-24(29)20-6-3-5-19-22(20)26-21-7-2-1-4-18(21)23(19)28/h1-7,9,11,13,16,27H,8,10,12H2,(H,25,29)(H,26,28). The lowest BCUT2D eigenvalue weighted by Crippen LogP contribution is -2.39. The van der Waals surface area contributed by atoms with Crippen LogP contribution in [-0.2, 0) is 12.8 Å². The molecule has 0 saturated heterocycles. The predicted octanol–water partition coefficient (Wildman–Crippen LogP) is 3.67. The molecule has 1 amide bonds. The number of rotatable bonds is 2. The number of nitrogens with one attached hydrogen (secondary N) is 2. The smallest absolute Gasteiger partial charge is 0.253 e. The van der Waals surface area contributed by atoms with Gasteiger partial charge in [0.1, 0.15) is 5.75 Å². The Kier molecular flexibility index (Phi) is 4.09. The second-order valence-corrected chi connectivity index (χ2v) is 7.59. The highest BCUT2D eigenvalue weighted by Crippen LogP contribution is 2.25. The predicted molar refractivity (Wildman–Crippen MR) is 113 cm³/mol. The summed E-state index contributed by atoms with van der Waals surface area (Å²) in [5.41, 5.74) is 3.97. The Hall–Kier alpha value is -3.60. The number of aryl methyl sites for hydroxylation is 1. The molecule has 1 aliphatic rings. The first-order chi connectivity index (χ1) is 14.1. The Morgan fingerprint density at radius 3 is 2.72 bits per heavy atom. The molecule has 29 heavy (non-hydrogen) atoms. The number of amides is 1. The molecule has 1 heterocycles. The van der Waals surface area contributed by atoms with Crippen LogP contribution in [0.5, 0.6) is 5.75 Å². The number of aromatic hydroxyl groups is 1. The van der Waals surface area contributed by atoms with E-state index >= 15 is 0 Å². The summed E-state index contributed by atoms with van der Waals surface area (Å²) in [5.74, 6) is 0.0898. The van der Waals surface area contributed by atoms with Crippen molar-refractivity contribution in [1.82, 2.24) is 10.3 Å². The van der Waals surface area contributed by atoms with Gasteiger partial charge in [-0.25, -0.2) is 0 Å². The van der Waals surface area contributed by atoms with Gasteiger partial charge in [0.05, 0.1) is 11.1 Å². The SMILES string of the molecule is O=C(NC1CCc2cc(O)ccc2C1)c1cccc2c(=O)c3ccccc3[nH]c12. The minimum Gasteiger partial charge on any atom is -0.508 e. The highest BCUT2D eigenvalue weighted by molar-refractivity contribution is 6.07. The zero-order valence-electron chi connectivity index (χ0n) is 15.7. The van der Waals surface area contributed by atoms with Gasteiger partial charge in [0.2, 0.25) is 0 Å². The first kappa shape index (κ1) is 17.5. The van der Waals surface area contributed by atoms with E-state index < -0.39 is 0 Å². The van der Waals surface area contributed by atoms with Crippen molar-refractivity contribution in [3.8, 4) is 5.75 Å². The van der Waals surface area contributed by atoms with Gasteiger partial charge in [0.15, 0.2) is 5.43 Å². The molecule has 1 aromatic heterocycles. The number of carbonyl (C=O) groups excluding carboxylic acids is 1. The van der Waals surface area contributed by atoms with E-state index in [0.29, 0.717) is 21.9 Å². The highest BCUT2D eigenvalue weighted by Gasteiger charge is 2.22. The van der Waals surface area contributed by atoms with Gasteiger partial charge in [-0.1, -0.05) is 24.3 Å². The number of H-pyrrole nitrogens is 1. The Morgan fingerprint density at radius 2 is 1.83 bits per heavy atom. The first-order valence-electron chi connectivity index (χ1n) is 9.75. The lowest BCUT2D eigenvalue weighted by atomic mass is 9.88. The monoisotopic (exact) mass is 384 g/mol. The quantitative estimate of drug-likeness (QED) is 0.461. The molecule has 3 N–H and O–H groups in total. The number of fused-ring (bicyclic) bond motifs is 3. The van der Waals surface area contributed by atoms with Gasteiger partial charge in [-0.3, -0.25) is 9.59 Å². The van der Waals surface area contributed by atoms with Crippen molar-refractivity contribution < 1.29 is 9.90 Å². The second kappa shape index (κ2) is 6.78. The van der Waals surface area contributed by atoms with E-state index in [-0.39, 0.29) is 23.1 Å². The molecular formula is C24H20N2O3. The van der Waals surface area contributed by atoms with E-state index in [0.717, 1.165) is 35.9 Å². The third-order valence-corrected chi connectivity index (χ3v) is 5.74. The first-order valence-corrected chi connectivity index (χ1v) is 9.75. The summed E-state index contributed by atoms with van der Waals surface area (Å²) in [6, 6.07) is 18.0. The molecule has 0 radical (unpaired) electrons. The number of phenols is 1. The van der Waals surface area contributed by atoms with Gasteiger partial charge in [-0.05, 0) is 66.8 Å². The molecule has 0 aliphatic heterocycles. The molecule has 0 bridgehead atoms. The molecule has 1 aliphatic carbocycles. The third-order valence-electron chi connectivity index (χ3n) is 5.74. The number of para-hydroxylation sites is 2. The molecule has 5 rings (SSSR count). The van der Waals surface area contributed by atoms with Crippen molar-refractivity contribution in [2.75, 3.05) is 0 Å². The number of aromatic amines is 1. The molecule has 1 atom stereocenters. The highest BCUT2D eigenvalue weighted by atomic mass is 16.3. The minimum atomic E-state index is -0.186. The number of benzene rings is 3. The second-order valence-electron chi connectivity index (χ2n) is 7.59. The van der Waals surface area contributed by atoms with Crippen LogP contribution in [0.15, 0.2) is 65.5 Å². The van der Waals surface area contributed by atoms with Crippen LogP contribution in [0.25, 0.3) is 21.8 Å². The van der Waals surface area contributed by atoms with Crippen LogP contribution in [0.4, 0.5) is 0 Å². The molecule has 0 spiro atoms. The van der Waals surface area contributed by atoms with E-state index in [2.05, 4.69) is 10.3 Å². The van der Waals surface area contributed by atoms with Crippen LogP contribution in [0.2, 0.25) is 0 Å². The normalized spacial score (nSPS) is 15.9. The maximum absolute atomic E-state index is 13.1. The molecule has 0 fully saturated rings. The van der Waals surface area contributed by atoms with Crippen molar-refractivity contribution in [3.63, 3.8) is 0 Å². The Morgan fingerprint density at radius 1 is 1.00 bits per heavy atom. The van der Waals surface area contributed by atoms with E-state index in [1.165, 1.54) is 0 Å². The Bertz CT molecular complexity index is 1320. The van der Waals surface area contributed by atoms with Crippen molar-refractivity contribution in [3.05, 3.63) is 87.6 Å². The molecule has 5 nitrogen and oxygen atoms in total. The summed E-state index contributed by atoms with van der Waals surface area (Å²) in [6.45, 7) is 0. The number of carbonyl (C=O) groups is 1. The van der Waals surface area contributed by atoms with E-state index in [4.69, 9.17) is 0 Å². The summed E-state index contributed by atoms with van der Waals surface area (Å²) in [5, 5.41) is 13.9. The van der Waals surface area contributed by atoms with Crippen molar-refractivity contribution in [2.45, 2.75) is 25.3 Å². The Balaban J connectivity index is 1.49. The lowest BCUT2D eigenvalue weighted by molar-refractivity contribution is 0.0935. The van der Waals surface area contributed by atoms with Crippen LogP contribution >= 0.6 is 0 Å². The molecule has 1 unspecified atom stereocenters. The van der Waals surface area contributed by atoms with Gasteiger partial charge in [0, 0.05) is 22.3 Å². The van der Waals surface area contributed by atoms with Crippen molar-refractivity contribution >= 4 is 27.7 Å². The fourth-order valence-electron chi connectivity index (χ4n) is 4.26. The Labute approximate surface area is 167 Å². The average molecular weight is 384 g/mol. The fraction of sp³-hybridized carbons (Fsp3) is 0.167. The number of pyridine rings is 1. The maximum atomic E-state index is 13.1. The van der Waals surface area contributed by atoms with Crippen molar-refractivity contribution in [1.29, 1.82) is 0 Å². The topological polar surface area (TPSA) is 82.2 Å². The molecule has 0 saturated carbocycles. The largest absolute Gasteiger partial charge is 0.508 e. The molecule has 5 heteroatoms. The van der Waals surface area contributed by atoms with Gasteiger partial charge < -0.3 is 15.4 Å². The summed E-state index contributed by atoms with van der Waals surface area (Å²) in [6.07, 6.45) is 2.35. The van der Waals surface area contributed by atoms with Gasteiger partial charge in [-0.2, -0.15) is 0 Å².